The molecule has 0 radical (unpaired) electrons. The van der Waals surface area contributed by atoms with Gasteiger partial charge in [0, 0.05) is 50.0 Å². The van der Waals surface area contributed by atoms with Crippen molar-refractivity contribution in [1.82, 2.24) is 19.4 Å². The first kappa shape index (κ1) is 23.4. The number of hydrogen-bond donors (Lipinski definition) is 2. The van der Waals surface area contributed by atoms with E-state index in [2.05, 4.69) is 15.2 Å². The van der Waals surface area contributed by atoms with Crippen LogP contribution in [0.1, 0.15) is 26.5 Å². The van der Waals surface area contributed by atoms with Gasteiger partial charge < -0.3 is 24.8 Å². The van der Waals surface area contributed by atoms with Crippen LogP contribution in [0.4, 0.5) is 14.5 Å². The molecule has 10 heteroatoms. The highest BCUT2D eigenvalue weighted by Gasteiger charge is 2.23. The molecule has 1 fully saturated rings. The first-order chi connectivity index (χ1) is 16.2. The maximum absolute atomic E-state index is 14.3. The molecule has 178 valence electrons. The van der Waals surface area contributed by atoms with Crippen LogP contribution in [0.3, 0.4) is 0 Å². The van der Waals surface area contributed by atoms with Crippen molar-refractivity contribution in [3.8, 4) is 17.0 Å². The minimum atomic E-state index is -1.37. The van der Waals surface area contributed by atoms with Crippen LogP contribution in [0, 0.1) is 18.6 Å². The summed E-state index contributed by atoms with van der Waals surface area (Å²) in [6.07, 6.45) is 1.26. The van der Waals surface area contributed by atoms with Crippen molar-refractivity contribution in [2.45, 2.75) is 6.92 Å². The standard InChI is InChI=1S/C24H25F2N5O3/c1-14-12-15(4-5-16(14)24(34)31-10-8-29(2)9-11-31)28-23(33)22-27-13-18(30(22)3)17-6-7-19(32)21(26)20(17)25/h4-7,12-13,32H,8-11H2,1-3H3,(H,28,33). The summed E-state index contributed by atoms with van der Waals surface area (Å²) in [7, 11) is 3.53. The van der Waals surface area contributed by atoms with Gasteiger partial charge in [0.05, 0.1) is 11.9 Å². The van der Waals surface area contributed by atoms with Gasteiger partial charge in [-0.15, -0.1) is 0 Å². The fourth-order valence-electron chi connectivity index (χ4n) is 3.96. The Bertz CT molecular complexity index is 1270. The van der Waals surface area contributed by atoms with Crippen LogP contribution in [0.25, 0.3) is 11.3 Å². The lowest BCUT2D eigenvalue weighted by molar-refractivity contribution is 0.0663. The molecule has 2 aromatic carbocycles. The second-order valence-corrected chi connectivity index (χ2v) is 8.37. The maximum atomic E-state index is 14.3. The number of anilines is 1. The quantitative estimate of drug-likeness (QED) is 0.613. The van der Waals surface area contributed by atoms with Gasteiger partial charge in [-0.25, -0.2) is 9.37 Å². The number of imidazole rings is 1. The van der Waals surface area contributed by atoms with E-state index in [-0.39, 0.29) is 23.0 Å². The third-order valence-electron chi connectivity index (χ3n) is 6.03. The average Bonchev–Trinajstić information content (AvgIpc) is 3.19. The molecule has 0 atom stereocenters. The smallest absolute Gasteiger partial charge is 0.291 e. The zero-order valence-electron chi connectivity index (χ0n) is 19.1. The van der Waals surface area contributed by atoms with Crippen LogP contribution >= 0.6 is 0 Å². The molecule has 0 saturated carbocycles. The molecule has 1 aliphatic rings. The third kappa shape index (κ3) is 4.36. The van der Waals surface area contributed by atoms with E-state index in [1.54, 1.807) is 25.1 Å². The molecule has 1 aromatic heterocycles. The van der Waals surface area contributed by atoms with E-state index in [4.69, 9.17) is 0 Å². The van der Waals surface area contributed by atoms with E-state index in [1.165, 1.54) is 23.9 Å². The van der Waals surface area contributed by atoms with Crippen molar-refractivity contribution in [1.29, 1.82) is 0 Å². The molecule has 1 saturated heterocycles. The predicted octanol–water partition coefficient (Wildman–Crippen LogP) is 3.02. The number of nitrogens with zero attached hydrogens (tertiary/aromatic N) is 4. The lowest BCUT2D eigenvalue weighted by atomic mass is 10.1. The highest BCUT2D eigenvalue weighted by atomic mass is 19.2. The first-order valence-electron chi connectivity index (χ1n) is 10.8. The number of benzene rings is 2. The molecule has 34 heavy (non-hydrogen) atoms. The Morgan fingerprint density at radius 1 is 1.03 bits per heavy atom. The molecule has 1 aliphatic heterocycles. The van der Waals surface area contributed by atoms with E-state index >= 15 is 0 Å². The number of hydrogen-bond acceptors (Lipinski definition) is 5. The molecule has 4 rings (SSSR count). The Balaban J connectivity index is 1.51. The number of likely N-dealkylation sites (N-methyl/N-ethyl adjacent to an activating group) is 1. The fourth-order valence-corrected chi connectivity index (χ4v) is 3.96. The van der Waals surface area contributed by atoms with Crippen molar-refractivity contribution >= 4 is 17.5 Å². The van der Waals surface area contributed by atoms with Gasteiger partial charge >= 0.3 is 0 Å². The molecular formula is C24H25F2N5O3. The lowest BCUT2D eigenvalue weighted by Crippen LogP contribution is -2.47. The highest BCUT2D eigenvalue weighted by Crippen LogP contribution is 2.29. The van der Waals surface area contributed by atoms with Gasteiger partial charge in [0.25, 0.3) is 11.8 Å². The minimum absolute atomic E-state index is 0.0156. The first-order valence-corrected chi connectivity index (χ1v) is 10.8. The van der Waals surface area contributed by atoms with Crippen LogP contribution in [0.5, 0.6) is 5.75 Å². The molecule has 0 bridgehead atoms. The van der Waals surface area contributed by atoms with Crippen LogP contribution < -0.4 is 5.32 Å². The number of carbonyl (C=O) groups excluding carboxylic acids is 2. The Kier molecular flexibility index (Phi) is 6.34. The van der Waals surface area contributed by atoms with Gasteiger partial charge in [0.15, 0.2) is 17.4 Å². The summed E-state index contributed by atoms with van der Waals surface area (Å²) < 4.78 is 29.4. The largest absolute Gasteiger partial charge is 0.505 e. The van der Waals surface area contributed by atoms with Crippen LogP contribution in [0.15, 0.2) is 36.5 Å². The Hall–Kier alpha value is -3.79. The number of nitrogens with one attached hydrogen (secondary N) is 1. The summed E-state index contributed by atoms with van der Waals surface area (Å²) in [4.78, 5) is 33.7. The monoisotopic (exact) mass is 469 g/mol. The van der Waals surface area contributed by atoms with Gasteiger partial charge in [0.2, 0.25) is 5.82 Å². The highest BCUT2D eigenvalue weighted by molar-refractivity contribution is 6.03. The van der Waals surface area contributed by atoms with Crippen LogP contribution in [-0.4, -0.2) is 69.5 Å². The van der Waals surface area contributed by atoms with E-state index in [1.807, 2.05) is 11.9 Å². The molecule has 8 nitrogen and oxygen atoms in total. The third-order valence-corrected chi connectivity index (χ3v) is 6.03. The number of phenols is 1. The van der Waals surface area contributed by atoms with Gasteiger partial charge in [-0.2, -0.15) is 4.39 Å². The summed E-state index contributed by atoms with van der Waals surface area (Å²) in [5, 5.41) is 12.1. The SMILES string of the molecule is Cc1cc(NC(=O)c2ncc(-c3ccc(O)c(F)c3F)n2C)ccc1C(=O)N1CCN(C)CC1. The molecule has 0 spiro atoms. The second-order valence-electron chi connectivity index (χ2n) is 8.37. The van der Waals surface area contributed by atoms with Gasteiger partial charge in [0.1, 0.15) is 0 Å². The van der Waals surface area contributed by atoms with Gasteiger partial charge in [-0.1, -0.05) is 0 Å². The minimum Gasteiger partial charge on any atom is -0.505 e. The van der Waals surface area contributed by atoms with Crippen LogP contribution in [0.2, 0.25) is 0 Å². The molecule has 0 unspecified atom stereocenters. The van der Waals surface area contributed by atoms with Gasteiger partial charge in [-0.3, -0.25) is 9.59 Å². The number of halogens is 2. The summed E-state index contributed by atoms with van der Waals surface area (Å²) >= 11 is 0. The zero-order valence-corrected chi connectivity index (χ0v) is 19.1. The molecule has 3 aromatic rings. The van der Waals surface area contributed by atoms with E-state index in [9.17, 15) is 23.5 Å². The normalized spacial score (nSPS) is 14.3. The lowest BCUT2D eigenvalue weighted by Gasteiger charge is -2.32. The molecular weight excluding hydrogens is 444 g/mol. The molecule has 2 amide bonds. The molecule has 2 N–H and O–H groups in total. The number of aromatic nitrogens is 2. The van der Waals surface area contributed by atoms with Crippen molar-refractivity contribution in [3.63, 3.8) is 0 Å². The maximum Gasteiger partial charge on any atom is 0.291 e. The number of carbonyl (C=O) groups is 2. The van der Waals surface area contributed by atoms with E-state index < -0.39 is 23.3 Å². The molecule has 2 heterocycles. The van der Waals surface area contributed by atoms with Crippen LogP contribution in [-0.2, 0) is 7.05 Å². The predicted molar refractivity (Wildman–Crippen MR) is 123 cm³/mol. The number of rotatable bonds is 4. The van der Waals surface area contributed by atoms with Crippen molar-refractivity contribution in [2.75, 3.05) is 38.5 Å². The topological polar surface area (TPSA) is 90.7 Å². The summed E-state index contributed by atoms with van der Waals surface area (Å²) in [6, 6.07) is 7.29. The second kappa shape index (κ2) is 9.22. The zero-order chi connectivity index (χ0) is 24.6. The number of phenolic OH excluding ortho intramolecular Hbond substituents is 1. The Morgan fingerprint density at radius 2 is 1.74 bits per heavy atom. The van der Waals surface area contributed by atoms with Crippen molar-refractivity contribution < 1.29 is 23.5 Å². The number of aryl methyl sites for hydroxylation is 1. The number of piperazine rings is 1. The van der Waals surface area contributed by atoms with Gasteiger partial charge in [-0.05, 0) is 49.9 Å². The van der Waals surface area contributed by atoms with Crippen molar-refractivity contribution in [2.24, 2.45) is 7.05 Å². The fraction of sp³-hybridized carbons (Fsp3) is 0.292. The summed E-state index contributed by atoms with van der Waals surface area (Å²) in [6.45, 7) is 4.79. The summed E-state index contributed by atoms with van der Waals surface area (Å²) in [5.41, 5.74) is 1.82. The van der Waals surface area contributed by atoms with E-state index in [0.717, 1.165) is 24.7 Å². The Morgan fingerprint density at radius 3 is 2.41 bits per heavy atom. The number of amides is 2. The number of aromatic hydroxyl groups is 1. The molecule has 0 aliphatic carbocycles. The Labute approximate surface area is 195 Å². The average molecular weight is 469 g/mol. The van der Waals surface area contributed by atoms with E-state index in [0.29, 0.717) is 24.3 Å². The summed E-state index contributed by atoms with van der Waals surface area (Å²) in [5.74, 6) is -4.01. The van der Waals surface area contributed by atoms with Crippen molar-refractivity contribution in [3.05, 3.63) is 65.1 Å².